The third-order valence-electron chi connectivity index (χ3n) is 3.91. The molecule has 1 saturated carbocycles. The first-order valence-corrected chi connectivity index (χ1v) is 7.16. The molecule has 0 unspecified atom stereocenters. The van der Waals surface area contributed by atoms with Crippen molar-refractivity contribution in [2.24, 2.45) is 0 Å². The minimum atomic E-state index is -3.44. The normalized spacial score (nSPS) is 13.8. The first kappa shape index (κ1) is 17.1. The molecule has 1 aromatic heterocycles. The van der Waals surface area contributed by atoms with Crippen LogP contribution in [0.4, 0.5) is 23.1 Å². The molecular weight excluding hydrogens is 347 g/mol. The van der Waals surface area contributed by atoms with Crippen LogP contribution < -0.4 is 15.9 Å². The van der Waals surface area contributed by atoms with Gasteiger partial charge in [0.2, 0.25) is 11.2 Å². The fourth-order valence-electron chi connectivity index (χ4n) is 2.66. The summed E-state index contributed by atoms with van der Waals surface area (Å²) in [5.41, 5.74) is 2.65. The van der Waals surface area contributed by atoms with Crippen molar-refractivity contribution in [2.45, 2.75) is 18.9 Å². The van der Waals surface area contributed by atoms with E-state index in [1.807, 2.05) is 0 Å². The van der Waals surface area contributed by atoms with Gasteiger partial charge < -0.3 is 19.7 Å². The van der Waals surface area contributed by atoms with E-state index in [-0.39, 0.29) is 11.6 Å². The largest absolute Gasteiger partial charge is 0.798 e. The first-order chi connectivity index (χ1) is 11.8. The quantitative estimate of drug-likeness (QED) is 0.515. The van der Waals surface area contributed by atoms with Crippen LogP contribution in [0.3, 0.4) is 0 Å². The molecule has 2 aromatic rings. The molecule has 0 saturated heterocycles. The second-order valence-corrected chi connectivity index (χ2v) is 5.47. The molecule has 3 rings (SSSR count). The summed E-state index contributed by atoms with van der Waals surface area (Å²) in [4.78, 5) is 24.3. The van der Waals surface area contributed by atoms with Gasteiger partial charge in [0.15, 0.2) is 11.6 Å². The molecule has 6 nitrogen and oxygen atoms in total. The van der Waals surface area contributed by atoms with E-state index in [0.717, 1.165) is 13.3 Å². The number of halogens is 4. The molecule has 0 amide bonds. The predicted octanol–water partition coefficient (Wildman–Crippen LogP) is 2.29. The molecule has 0 aliphatic heterocycles. The van der Waals surface area contributed by atoms with Crippen LogP contribution in [0.5, 0.6) is 5.75 Å². The number of carbonyl (C=O) groups is 1. The van der Waals surface area contributed by atoms with Gasteiger partial charge in [0, 0.05) is 12.2 Å². The summed E-state index contributed by atoms with van der Waals surface area (Å²) in [6.07, 6.45) is 2.24. The zero-order valence-corrected chi connectivity index (χ0v) is 12.8. The van der Waals surface area contributed by atoms with Gasteiger partial charge in [-0.15, -0.1) is 0 Å². The zero-order valence-electron chi connectivity index (χ0n) is 12.8. The number of methoxy groups -OCH3 is 1. The second kappa shape index (κ2) is 5.98. The van der Waals surface area contributed by atoms with Crippen LogP contribution in [0, 0.1) is 11.6 Å². The molecule has 0 atom stereocenters. The highest BCUT2D eigenvalue weighted by atomic mass is 19.2. The fourth-order valence-corrected chi connectivity index (χ4v) is 2.66. The smallest absolute Gasteiger partial charge is 0.491 e. The van der Waals surface area contributed by atoms with Crippen molar-refractivity contribution in [2.75, 3.05) is 12.8 Å². The van der Waals surface area contributed by atoms with E-state index in [2.05, 4.69) is 4.65 Å². The molecule has 1 aliphatic carbocycles. The molecule has 132 valence electrons. The minimum Gasteiger partial charge on any atom is -0.491 e. The van der Waals surface area contributed by atoms with Crippen LogP contribution in [0.15, 0.2) is 11.0 Å². The van der Waals surface area contributed by atoms with E-state index < -0.39 is 52.9 Å². The van der Waals surface area contributed by atoms with Crippen molar-refractivity contribution in [3.8, 4) is 5.75 Å². The number of nitrogen functional groups attached to an aromatic ring is 1. The third kappa shape index (κ3) is 2.69. The Hall–Kier alpha value is -2.72. The summed E-state index contributed by atoms with van der Waals surface area (Å²) in [6.45, 7) is 0. The standard InChI is InChI=1S/C14H11BF4N2O4/c1-24-13-9(17)8(16)10(20)7-11(13)21(5-2-3-5)4-6(12(7)22)14(23)25-15(18)19/h4-5H,2-3,20H2,1H3. The second-order valence-electron chi connectivity index (χ2n) is 5.47. The maximum absolute atomic E-state index is 14.1. The number of hydrogen-bond acceptors (Lipinski definition) is 5. The van der Waals surface area contributed by atoms with E-state index in [9.17, 15) is 27.0 Å². The highest BCUT2D eigenvalue weighted by Crippen LogP contribution is 2.42. The number of carbonyl (C=O) groups excluding carboxylic acids is 1. The van der Waals surface area contributed by atoms with Crippen molar-refractivity contribution < 1.29 is 31.6 Å². The molecule has 11 heteroatoms. The Morgan fingerprint density at radius 3 is 2.48 bits per heavy atom. The van der Waals surface area contributed by atoms with Gasteiger partial charge in [0.05, 0.1) is 18.2 Å². The van der Waals surface area contributed by atoms with Gasteiger partial charge in [-0.05, 0) is 12.8 Å². The Bertz CT molecular complexity index is 943. The maximum atomic E-state index is 14.1. The van der Waals surface area contributed by atoms with E-state index in [1.54, 1.807) is 0 Å². The lowest BCUT2D eigenvalue weighted by Gasteiger charge is -2.17. The number of nitrogens with two attached hydrogens (primary N) is 1. The summed E-state index contributed by atoms with van der Waals surface area (Å²) in [7, 11) is -2.36. The van der Waals surface area contributed by atoms with E-state index >= 15 is 0 Å². The number of fused-ring (bicyclic) bond motifs is 1. The number of pyridine rings is 1. The molecule has 1 aliphatic rings. The number of hydrogen-bond donors (Lipinski definition) is 1. The van der Waals surface area contributed by atoms with Crippen LogP contribution >= 0.6 is 0 Å². The topological polar surface area (TPSA) is 83.6 Å². The Kier molecular flexibility index (Phi) is 4.09. The lowest BCUT2D eigenvalue weighted by Crippen LogP contribution is -2.25. The van der Waals surface area contributed by atoms with Gasteiger partial charge >= 0.3 is 13.4 Å². The van der Waals surface area contributed by atoms with Crippen LogP contribution in [-0.4, -0.2) is 25.1 Å². The summed E-state index contributed by atoms with van der Waals surface area (Å²) < 4.78 is 62.7. The van der Waals surface area contributed by atoms with Gasteiger partial charge in [-0.1, -0.05) is 0 Å². The number of nitrogens with zero attached hydrogens (tertiary/aromatic N) is 1. The molecule has 25 heavy (non-hydrogen) atoms. The number of rotatable bonds is 4. The lowest BCUT2D eigenvalue weighted by atomic mass is 10.1. The van der Waals surface area contributed by atoms with Crippen LogP contribution in [0.1, 0.15) is 29.2 Å². The molecule has 1 heterocycles. The number of anilines is 1. The molecular formula is C14H11BF4N2O4. The molecule has 0 bridgehead atoms. The van der Waals surface area contributed by atoms with Crippen LogP contribution in [0.2, 0.25) is 0 Å². The lowest BCUT2D eigenvalue weighted by molar-refractivity contribution is 0.0693. The van der Waals surface area contributed by atoms with Crippen molar-refractivity contribution in [3.05, 3.63) is 33.6 Å². The highest BCUT2D eigenvalue weighted by Gasteiger charge is 2.33. The molecule has 1 aromatic carbocycles. The van der Waals surface area contributed by atoms with Crippen molar-refractivity contribution in [3.63, 3.8) is 0 Å². The predicted molar refractivity (Wildman–Crippen MR) is 80.7 cm³/mol. The van der Waals surface area contributed by atoms with Crippen molar-refractivity contribution in [1.82, 2.24) is 4.57 Å². The van der Waals surface area contributed by atoms with Gasteiger partial charge in [-0.3, -0.25) is 4.79 Å². The minimum absolute atomic E-state index is 0.139. The summed E-state index contributed by atoms with van der Waals surface area (Å²) in [5.74, 6) is -5.05. The van der Waals surface area contributed by atoms with Gasteiger partial charge in [-0.2, -0.15) is 4.39 Å². The monoisotopic (exact) mass is 358 g/mol. The van der Waals surface area contributed by atoms with Gasteiger partial charge in [0.25, 0.3) is 0 Å². The van der Waals surface area contributed by atoms with Crippen LogP contribution in [-0.2, 0) is 4.65 Å². The maximum Gasteiger partial charge on any atom is 0.798 e. The Morgan fingerprint density at radius 1 is 1.32 bits per heavy atom. The van der Waals surface area contributed by atoms with Crippen molar-refractivity contribution >= 4 is 30.0 Å². The highest BCUT2D eigenvalue weighted by molar-refractivity contribution is 6.38. The molecule has 0 spiro atoms. The third-order valence-corrected chi connectivity index (χ3v) is 3.91. The fraction of sp³-hybridized carbons (Fsp3) is 0.286. The van der Waals surface area contributed by atoms with Crippen LogP contribution in [0.25, 0.3) is 10.9 Å². The summed E-state index contributed by atoms with van der Waals surface area (Å²) in [5, 5.41) is -0.522. The van der Waals surface area contributed by atoms with E-state index in [4.69, 9.17) is 10.5 Å². The Balaban J connectivity index is 2.43. The summed E-state index contributed by atoms with van der Waals surface area (Å²) in [6, 6.07) is -0.237. The van der Waals surface area contributed by atoms with E-state index in [0.29, 0.717) is 12.8 Å². The zero-order chi connectivity index (χ0) is 18.5. The average molecular weight is 358 g/mol. The molecule has 0 radical (unpaired) electrons. The molecule has 1 fully saturated rings. The summed E-state index contributed by atoms with van der Waals surface area (Å²) >= 11 is 0. The van der Waals surface area contributed by atoms with Gasteiger partial charge in [0.1, 0.15) is 11.1 Å². The van der Waals surface area contributed by atoms with E-state index in [1.165, 1.54) is 4.57 Å². The number of ether oxygens (including phenoxy) is 1. The van der Waals surface area contributed by atoms with Gasteiger partial charge in [-0.25, -0.2) is 17.8 Å². The van der Waals surface area contributed by atoms with Crippen molar-refractivity contribution in [1.29, 1.82) is 0 Å². The number of aromatic nitrogens is 1. The first-order valence-electron chi connectivity index (χ1n) is 7.16. The average Bonchev–Trinajstić information content (AvgIpc) is 3.37. The Labute approximate surface area is 138 Å². The number of benzene rings is 1. The SMILES string of the molecule is COc1c(F)c(F)c(N)c2c(=O)c(C(=O)OB(F)F)cn(C3CC3)c12. The molecule has 2 N–H and O–H groups in total. The Morgan fingerprint density at radius 2 is 1.96 bits per heavy atom.